The van der Waals surface area contributed by atoms with Crippen molar-refractivity contribution in [3.63, 3.8) is 0 Å². The smallest absolute Gasteiger partial charge is 0.170 e. The minimum Gasteiger partial charge on any atom is -0.392 e. The predicted octanol–water partition coefficient (Wildman–Crippen LogP) is 2.01. The van der Waals surface area contributed by atoms with E-state index in [9.17, 15) is 5.11 Å². The van der Waals surface area contributed by atoms with Gasteiger partial charge in [0.2, 0.25) is 0 Å². The molecule has 0 radical (unpaired) electrons. The number of aromatic nitrogens is 4. The van der Waals surface area contributed by atoms with Gasteiger partial charge in [-0.2, -0.15) is 4.68 Å². The van der Waals surface area contributed by atoms with Crippen molar-refractivity contribution in [2.75, 3.05) is 6.54 Å². The first-order valence-corrected chi connectivity index (χ1v) is 8.34. The van der Waals surface area contributed by atoms with Crippen molar-refractivity contribution in [3.8, 4) is 5.69 Å². The van der Waals surface area contributed by atoms with Crippen LogP contribution in [0.25, 0.3) is 5.69 Å². The quantitative estimate of drug-likeness (QED) is 0.935. The van der Waals surface area contributed by atoms with Crippen LogP contribution in [0.2, 0.25) is 0 Å². The number of aryl methyl sites for hydroxylation is 2. The largest absolute Gasteiger partial charge is 0.392 e. The molecule has 1 N–H and O–H groups in total. The molecular weight excluding hydrogens is 290 g/mol. The molecule has 1 aromatic heterocycles. The number of aliphatic hydroxyl groups excluding tert-OH is 1. The van der Waals surface area contributed by atoms with Gasteiger partial charge in [-0.15, -0.1) is 5.10 Å². The summed E-state index contributed by atoms with van der Waals surface area (Å²) in [6.45, 7) is 7.67. The summed E-state index contributed by atoms with van der Waals surface area (Å²) >= 11 is 0. The van der Waals surface area contributed by atoms with Gasteiger partial charge in [-0.25, -0.2) is 0 Å². The van der Waals surface area contributed by atoms with Crippen LogP contribution < -0.4 is 0 Å². The maximum absolute atomic E-state index is 10.1. The number of piperidine rings is 1. The topological polar surface area (TPSA) is 67.1 Å². The van der Waals surface area contributed by atoms with E-state index in [0.717, 1.165) is 42.0 Å². The Morgan fingerprint density at radius 2 is 2.00 bits per heavy atom. The number of benzene rings is 1. The highest BCUT2D eigenvalue weighted by Gasteiger charge is 2.28. The molecule has 1 aliphatic rings. The molecule has 2 heterocycles. The minimum absolute atomic E-state index is 0.187. The fraction of sp³-hybridized carbons (Fsp3) is 0.588. The number of para-hydroxylation sites is 1. The lowest BCUT2D eigenvalue weighted by molar-refractivity contribution is 0.0298. The van der Waals surface area contributed by atoms with Crippen LogP contribution in [0, 0.1) is 13.8 Å². The average Bonchev–Trinajstić information content (AvgIpc) is 2.95. The van der Waals surface area contributed by atoms with Gasteiger partial charge in [-0.1, -0.05) is 24.6 Å². The number of likely N-dealkylation sites (tertiary alicyclic amines) is 1. The lowest BCUT2D eigenvalue weighted by Gasteiger charge is -2.36. The van der Waals surface area contributed by atoms with Crippen LogP contribution in [0.15, 0.2) is 18.2 Å². The molecular formula is C17H25N5O. The van der Waals surface area contributed by atoms with E-state index in [2.05, 4.69) is 46.4 Å². The van der Waals surface area contributed by atoms with Crippen molar-refractivity contribution in [1.82, 2.24) is 25.1 Å². The Labute approximate surface area is 137 Å². The van der Waals surface area contributed by atoms with Crippen LogP contribution in [0.5, 0.6) is 0 Å². The van der Waals surface area contributed by atoms with Gasteiger partial charge < -0.3 is 5.11 Å². The van der Waals surface area contributed by atoms with Crippen molar-refractivity contribution in [2.24, 2.45) is 0 Å². The zero-order valence-electron chi connectivity index (χ0n) is 14.1. The summed E-state index contributed by atoms with van der Waals surface area (Å²) in [7, 11) is 0. The molecule has 6 nitrogen and oxygen atoms in total. The molecule has 1 fully saturated rings. The Morgan fingerprint density at radius 1 is 1.26 bits per heavy atom. The summed E-state index contributed by atoms with van der Waals surface area (Å²) in [5, 5.41) is 22.4. The van der Waals surface area contributed by atoms with Crippen LogP contribution in [-0.4, -0.2) is 48.9 Å². The molecule has 1 saturated heterocycles. The third-order valence-electron chi connectivity index (χ3n) is 4.75. The van der Waals surface area contributed by atoms with Crippen LogP contribution in [-0.2, 0) is 6.54 Å². The minimum atomic E-state index is -0.333. The number of nitrogens with zero attached hydrogens (tertiary/aromatic N) is 5. The van der Waals surface area contributed by atoms with E-state index < -0.39 is 0 Å². The molecule has 0 bridgehead atoms. The summed E-state index contributed by atoms with van der Waals surface area (Å²) in [4.78, 5) is 2.31. The van der Waals surface area contributed by atoms with Gasteiger partial charge in [-0.3, -0.25) is 4.90 Å². The Hall–Kier alpha value is -1.79. The molecule has 2 unspecified atom stereocenters. The predicted molar refractivity (Wildman–Crippen MR) is 88.4 cm³/mol. The van der Waals surface area contributed by atoms with Crippen LogP contribution in [0.3, 0.4) is 0 Å². The van der Waals surface area contributed by atoms with Crippen LogP contribution in [0.1, 0.15) is 43.1 Å². The first kappa shape index (κ1) is 16.1. The maximum Gasteiger partial charge on any atom is 0.170 e. The number of hydrogen-bond donors (Lipinski definition) is 1. The fourth-order valence-corrected chi connectivity index (χ4v) is 3.56. The van der Waals surface area contributed by atoms with E-state index in [1.807, 2.05) is 17.7 Å². The van der Waals surface area contributed by atoms with Crippen LogP contribution in [0.4, 0.5) is 0 Å². The monoisotopic (exact) mass is 315 g/mol. The summed E-state index contributed by atoms with van der Waals surface area (Å²) in [6, 6.07) is 6.39. The third-order valence-corrected chi connectivity index (χ3v) is 4.75. The van der Waals surface area contributed by atoms with Gasteiger partial charge >= 0.3 is 0 Å². The van der Waals surface area contributed by atoms with E-state index in [4.69, 9.17) is 0 Å². The highest BCUT2D eigenvalue weighted by Crippen LogP contribution is 2.23. The molecule has 0 spiro atoms. The standard InChI is InChI=1S/C17H25N5O/c1-12-7-6-8-13(2)17(12)22-16(18-19-20-22)11-21-10-5-4-9-15(21)14(3)23/h6-8,14-15,23H,4-5,9-11H2,1-3H3. The summed E-state index contributed by atoms with van der Waals surface area (Å²) < 4.78 is 1.85. The SMILES string of the molecule is Cc1cccc(C)c1-n1nnnc1CN1CCCCC1C(C)O. The van der Waals surface area contributed by atoms with Gasteiger partial charge in [0.15, 0.2) is 5.82 Å². The van der Waals surface area contributed by atoms with Gasteiger partial charge in [0.05, 0.1) is 18.3 Å². The molecule has 1 aromatic carbocycles. The van der Waals surface area contributed by atoms with Gasteiger partial charge in [0, 0.05) is 6.04 Å². The first-order chi connectivity index (χ1) is 11.1. The lowest BCUT2D eigenvalue weighted by atomic mass is 9.98. The van der Waals surface area contributed by atoms with Gasteiger partial charge in [0.25, 0.3) is 0 Å². The normalized spacial score (nSPS) is 20.6. The van der Waals surface area contributed by atoms with Crippen molar-refractivity contribution in [1.29, 1.82) is 0 Å². The van der Waals surface area contributed by atoms with E-state index in [1.54, 1.807) is 0 Å². The summed E-state index contributed by atoms with van der Waals surface area (Å²) in [5.74, 6) is 0.829. The second kappa shape index (κ2) is 6.76. The summed E-state index contributed by atoms with van der Waals surface area (Å²) in [5.41, 5.74) is 3.37. The molecule has 0 saturated carbocycles. The molecule has 2 aromatic rings. The lowest BCUT2D eigenvalue weighted by Crippen LogP contribution is -2.45. The van der Waals surface area contributed by atoms with Crippen molar-refractivity contribution in [2.45, 2.75) is 58.7 Å². The average molecular weight is 315 g/mol. The van der Waals surface area contributed by atoms with Crippen LogP contribution >= 0.6 is 0 Å². The first-order valence-electron chi connectivity index (χ1n) is 8.34. The van der Waals surface area contributed by atoms with Crippen molar-refractivity contribution >= 4 is 0 Å². The molecule has 23 heavy (non-hydrogen) atoms. The van der Waals surface area contributed by atoms with Crippen molar-refractivity contribution in [3.05, 3.63) is 35.2 Å². The fourth-order valence-electron chi connectivity index (χ4n) is 3.56. The maximum atomic E-state index is 10.1. The molecule has 0 aliphatic carbocycles. The number of rotatable bonds is 4. The van der Waals surface area contributed by atoms with E-state index in [0.29, 0.717) is 6.54 Å². The Kier molecular flexibility index (Phi) is 4.73. The molecule has 0 amide bonds. The highest BCUT2D eigenvalue weighted by atomic mass is 16.3. The second-order valence-corrected chi connectivity index (χ2v) is 6.52. The Morgan fingerprint density at radius 3 is 2.70 bits per heavy atom. The number of aliphatic hydroxyl groups is 1. The second-order valence-electron chi connectivity index (χ2n) is 6.52. The Bertz CT molecular complexity index is 647. The molecule has 2 atom stereocenters. The van der Waals surface area contributed by atoms with Gasteiger partial charge in [-0.05, 0) is 61.7 Å². The van der Waals surface area contributed by atoms with E-state index >= 15 is 0 Å². The molecule has 124 valence electrons. The zero-order chi connectivity index (χ0) is 16.4. The molecule has 1 aliphatic heterocycles. The Balaban J connectivity index is 1.89. The number of hydrogen-bond acceptors (Lipinski definition) is 5. The highest BCUT2D eigenvalue weighted by molar-refractivity contribution is 5.46. The summed E-state index contributed by atoms with van der Waals surface area (Å²) in [6.07, 6.45) is 3.03. The third kappa shape index (κ3) is 3.28. The number of tetrazole rings is 1. The zero-order valence-corrected chi connectivity index (χ0v) is 14.1. The van der Waals surface area contributed by atoms with E-state index in [1.165, 1.54) is 6.42 Å². The molecule has 6 heteroatoms. The molecule has 3 rings (SSSR count). The van der Waals surface area contributed by atoms with Gasteiger partial charge in [0.1, 0.15) is 0 Å². The van der Waals surface area contributed by atoms with Crippen molar-refractivity contribution < 1.29 is 5.11 Å². The van der Waals surface area contributed by atoms with E-state index in [-0.39, 0.29) is 12.1 Å².